The highest BCUT2D eigenvalue weighted by Crippen LogP contribution is 2.22. The van der Waals surface area contributed by atoms with E-state index in [1.807, 2.05) is 30.8 Å². The van der Waals surface area contributed by atoms with E-state index in [1.54, 1.807) is 12.1 Å². The molecule has 0 spiro atoms. The second kappa shape index (κ2) is 10.8. The Labute approximate surface area is 161 Å². The molecule has 1 aromatic rings. The number of unbranched alkanes of at least 4 members (excludes halogenated alkanes) is 1. The summed E-state index contributed by atoms with van der Waals surface area (Å²) in [5, 5.41) is 6.57. The molecule has 0 heterocycles. The van der Waals surface area contributed by atoms with Gasteiger partial charge in [-0.25, -0.2) is 18.1 Å². The van der Waals surface area contributed by atoms with Gasteiger partial charge in [0.1, 0.15) is 0 Å². The van der Waals surface area contributed by atoms with Crippen LogP contribution in [0.2, 0.25) is 0 Å². The molecule has 0 bridgehead atoms. The van der Waals surface area contributed by atoms with E-state index in [1.165, 1.54) is 12.2 Å². The van der Waals surface area contributed by atoms with Crippen LogP contribution in [0.25, 0.3) is 0 Å². The molecule has 1 aliphatic rings. The Balaban J connectivity index is 1.87. The van der Waals surface area contributed by atoms with Gasteiger partial charge in [-0.1, -0.05) is 12.1 Å². The van der Waals surface area contributed by atoms with Crippen LogP contribution in [0.3, 0.4) is 0 Å². The predicted molar refractivity (Wildman–Crippen MR) is 110 cm³/mol. The molecule has 0 radical (unpaired) electrons. The van der Waals surface area contributed by atoms with Crippen LogP contribution >= 0.6 is 11.8 Å². The normalized spacial score (nSPS) is 15.1. The van der Waals surface area contributed by atoms with Crippen molar-refractivity contribution in [3.8, 4) is 0 Å². The first-order valence-corrected chi connectivity index (χ1v) is 12.0. The highest BCUT2D eigenvalue weighted by Gasteiger charge is 2.27. The molecule has 6 nitrogen and oxygen atoms in total. The molecule has 1 aromatic carbocycles. The van der Waals surface area contributed by atoms with E-state index in [-0.39, 0.29) is 6.04 Å². The van der Waals surface area contributed by atoms with Crippen LogP contribution in [0.1, 0.15) is 38.2 Å². The summed E-state index contributed by atoms with van der Waals surface area (Å²) >= 11 is 1.87. The van der Waals surface area contributed by atoms with Crippen LogP contribution < -0.4 is 15.4 Å². The minimum absolute atomic E-state index is 0.119. The maximum Gasteiger partial charge on any atom is 0.240 e. The summed E-state index contributed by atoms with van der Waals surface area (Å²) < 4.78 is 27.1. The number of nitrogens with zero attached hydrogens (tertiary/aromatic N) is 1. The molecule has 146 valence electrons. The molecule has 0 atom stereocenters. The van der Waals surface area contributed by atoms with Gasteiger partial charge in [-0.05, 0) is 62.3 Å². The zero-order chi connectivity index (χ0) is 18.8. The molecular weight excluding hydrogens is 368 g/mol. The second-order valence-corrected chi connectivity index (χ2v) is 9.06. The van der Waals surface area contributed by atoms with Crippen LogP contribution in [0.15, 0.2) is 34.2 Å². The average molecular weight is 399 g/mol. The first-order valence-electron chi connectivity index (χ1n) is 9.17. The van der Waals surface area contributed by atoms with Crippen molar-refractivity contribution in [1.82, 2.24) is 15.4 Å². The fourth-order valence-electron chi connectivity index (χ4n) is 2.35. The lowest BCUT2D eigenvalue weighted by Crippen LogP contribution is -2.37. The van der Waals surface area contributed by atoms with Crippen LogP contribution in [0, 0.1) is 0 Å². The van der Waals surface area contributed by atoms with Crippen LogP contribution in [0.4, 0.5) is 0 Å². The van der Waals surface area contributed by atoms with Crippen molar-refractivity contribution in [2.45, 2.75) is 50.1 Å². The van der Waals surface area contributed by atoms with Gasteiger partial charge in [0, 0.05) is 19.1 Å². The largest absolute Gasteiger partial charge is 0.357 e. The first-order chi connectivity index (χ1) is 12.5. The number of thioether (sulfide) groups is 1. The monoisotopic (exact) mass is 398 g/mol. The highest BCUT2D eigenvalue weighted by atomic mass is 32.2. The van der Waals surface area contributed by atoms with Crippen molar-refractivity contribution < 1.29 is 8.42 Å². The van der Waals surface area contributed by atoms with Crippen molar-refractivity contribution in [2.75, 3.05) is 25.1 Å². The van der Waals surface area contributed by atoms with Crippen molar-refractivity contribution in [3.63, 3.8) is 0 Å². The van der Waals surface area contributed by atoms with E-state index in [2.05, 4.69) is 26.6 Å². The third-order valence-corrected chi connectivity index (χ3v) is 6.20. The number of hydrogen-bond acceptors (Lipinski definition) is 4. The van der Waals surface area contributed by atoms with Gasteiger partial charge in [0.25, 0.3) is 0 Å². The Kier molecular flexibility index (Phi) is 8.74. The quantitative estimate of drug-likeness (QED) is 0.303. The van der Waals surface area contributed by atoms with Crippen LogP contribution in [-0.2, 0) is 16.6 Å². The van der Waals surface area contributed by atoms with Gasteiger partial charge in [-0.2, -0.15) is 11.8 Å². The number of benzene rings is 1. The van der Waals surface area contributed by atoms with Gasteiger partial charge in [-0.15, -0.1) is 0 Å². The van der Waals surface area contributed by atoms with E-state index in [9.17, 15) is 8.42 Å². The van der Waals surface area contributed by atoms with Crippen LogP contribution in [0.5, 0.6) is 0 Å². The van der Waals surface area contributed by atoms with E-state index in [0.717, 1.165) is 43.9 Å². The molecule has 0 amide bonds. The molecule has 0 aliphatic heterocycles. The molecule has 0 unspecified atom stereocenters. The van der Waals surface area contributed by atoms with Crippen molar-refractivity contribution in [3.05, 3.63) is 29.8 Å². The summed E-state index contributed by atoms with van der Waals surface area (Å²) in [5.74, 6) is 1.98. The Morgan fingerprint density at radius 3 is 2.54 bits per heavy atom. The van der Waals surface area contributed by atoms with Crippen molar-refractivity contribution >= 4 is 27.7 Å². The van der Waals surface area contributed by atoms with E-state index < -0.39 is 10.0 Å². The van der Waals surface area contributed by atoms with Gasteiger partial charge >= 0.3 is 0 Å². The van der Waals surface area contributed by atoms with E-state index in [4.69, 9.17) is 0 Å². The predicted octanol–water partition coefficient (Wildman–Crippen LogP) is 2.33. The topological polar surface area (TPSA) is 82.6 Å². The fourth-order valence-corrected chi connectivity index (χ4v) is 4.15. The van der Waals surface area contributed by atoms with E-state index >= 15 is 0 Å². The molecule has 2 rings (SSSR count). The minimum atomic E-state index is -3.39. The fraction of sp³-hybridized carbons (Fsp3) is 0.611. The van der Waals surface area contributed by atoms with Gasteiger partial charge < -0.3 is 10.6 Å². The maximum absolute atomic E-state index is 12.2. The molecule has 8 heteroatoms. The summed E-state index contributed by atoms with van der Waals surface area (Å²) in [6.07, 6.45) is 6.30. The Morgan fingerprint density at radius 1 is 1.19 bits per heavy atom. The Bertz CT molecular complexity index is 671. The maximum atomic E-state index is 12.2. The number of aliphatic imine (C=N–C) groups is 1. The molecule has 3 N–H and O–H groups in total. The van der Waals surface area contributed by atoms with Crippen molar-refractivity contribution in [1.29, 1.82) is 0 Å². The molecule has 0 saturated heterocycles. The zero-order valence-corrected chi connectivity index (χ0v) is 17.3. The van der Waals surface area contributed by atoms with Gasteiger partial charge in [0.2, 0.25) is 10.0 Å². The SMILES string of the molecule is CCNC(=NCc1ccc(S(=O)(=O)NC2CC2)cc1)NCCCCSC. The standard InChI is InChI=1S/C18H30N4O2S2/c1-3-19-18(20-12-4-5-13-25-2)21-14-15-6-10-17(11-7-15)26(23,24)22-16-8-9-16/h6-7,10-11,16,22H,3-5,8-9,12-14H2,1-2H3,(H2,19,20,21). The summed E-state index contributed by atoms with van der Waals surface area (Å²) in [4.78, 5) is 4.89. The van der Waals surface area contributed by atoms with Gasteiger partial charge in [0.05, 0.1) is 11.4 Å². The summed E-state index contributed by atoms with van der Waals surface area (Å²) in [7, 11) is -3.39. The Hall–Kier alpha value is -1.25. The lowest BCUT2D eigenvalue weighted by Gasteiger charge is -2.11. The third-order valence-electron chi connectivity index (χ3n) is 3.96. The summed E-state index contributed by atoms with van der Waals surface area (Å²) in [6.45, 7) is 4.26. The average Bonchev–Trinajstić information content (AvgIpc) is 3.43. The molecule has 1 fully saturated rings. The number of nitrogens with one attached hydrogen (secondary N) is 3. The minimum Gasteiger partial charge on any atom is -0.357 e. The molecule has 1 saturated carbocycles. The molecule has 26 heavy (non-hydrogen) atoms. The first kappa shape index (κ1) is 21.1. The van der Waals surface area contributed by atoms with Gasteiger partial charge in [0.15, 0.2) is 5.96 Å². The molecule has 1 aliphatic carbocycles. The second-order valence-electron chi connectivity index (χ2n) is 6.36. The highest BCUT2D eigenvalue weighted by molar-refractivity contribution is 7.98. The third kappa shape index (κ3) is 7.55. The lowest BCUT2D eigenvalue weighted by atomic mass is 10.2. The molecule has 0 aromatic heterocycles. The molecular formula is C18H30N4O2S2. The van der Waals surface area contributed by atoms with E-state index in [0.29, 0.717) is 11.4 Å². The van der Waals surface area contributed by atoms with Crippen LogP contribution in [-0.4, -0.2) is 45.5 Å². The summed E-state index contributed by atoms with van der Waals surface area (Å²) in [6, 6.07) is 7.07. The Morgan fingerprint density at radius 2 is 1.92 bits per heavy atom. The smallest absolute Gasteiger partial charge is 0.240 e. The number of hydrogen-bond donors (Lipinski definition) is 3. The summed E-state index contributed by atoms with van der Waals surface area (Å²) in [5.41, 5.74) is 0.981. The van der Waals surface area contributed by atoms with Gasteiger partial charge in [-0.3, -0.25) is 0 Å². The lowest BCUT2D eigenvalue weighted by molar-refractivity contribution is 0.581. The van der Waals surface area contributed by atoms with Crippen molar-refractivity contribution in [2.24, 2.45) is 4.99 Å². The number of sulfonamides is 1. The zero-order valence-electron chi connectivity index (χ0n) is 15.6. The number of guanidine groups is 1. The number of rotatable bonds is 11.